The quantitative estimate of drug-likeness (QED) is 0.695. The van der Waals surface area contributed by atoms with Gasteiger partial charge in [-0.25, -0.2) is 9.18 Å². The lowest BCUT2D eigenvalue weighted by Crippen LogP contribution is -2.59. The number of rotatable bonds is 3. The highest BCUT2D eigenvalue weighted by Crippen LogP contribution is 2.33. The summed E-state index contributed by atoms with van der Waals surface area (Å²) in [4.78, 5) is 11.7. The highest BCUT2D eigenvalue weighted by molar-refractivity contribution is 5.83. The van der Waals surface area contributed by atoms with Crippen LogP contribution in [0.3, 0.4) is 0 Å². The number of aromatic nitrogens is 3. The SMILES string of the molecule is Cn1c(=O)oc2cc(-c3ccc(O[C@@H]4C[C@H]5CCC[C@H](N5)[C@@H]4F)nn3)c(O)cc21. The number of aryl methyl sites for hydroxylation is 1. The third-order valence-electron chi connectivity index (χ3n) is 5.87. The largest absolute Gasteiger partial charge is 0.507 e. The molecule has 5 rings (SSSR count). The Hall–Kier alpha value is -2.94. The molecule has 0 saturated carbocycles. The standard InChI is InChI=1S/C20H21FN4O4/c1-25-14-9-15(26)11(8-16(14)29-20(25)27)12-5-6-18(24-23-12)28-17-7-10-3-2-4-13(22-10)19(17)21/h5-6,8-10,13,17,19,22,26H,2-4,7H2,1H3/t10-,13+,17-,19+/m1/s1. The van der Waals surface area contributed by atoms with Gasteiger partial charge in [-0.1, -0.05) is 6.42 Å². The Labute approximate surface area is 165 Å². The topological polar surface area (TPSA) is 102 Å². The number of alkyl halides is 1. The average Bonchev–Trinajstić information content (AvgIpc) is 3.00. The van der Waals surface area contributed by atoms with Gasteiger partial charge in [0, 0.05) is 43.2 Å². The maximum absolute atomic E-state index is 14.7. The number of fused-ring (bicyclic) bond motifs is 3. The smallest absolute Gasteiger partial charge is 0.419 e. The van der Waals surface area contributed by atoms with E-state index in [1.807, 2.05) is 0 Å². The first kappa shape index (κ1) is 18.1. The fraction of sp³-hybridized carbons (Fsp3) is 0.450. The molecule has 8 nitrogen and oxygen atoms in total. The molecule has 2 aliphatic rings. The van der Waals surface area contributed by atoms with E-state index in [1.54, 1.807) is 25.2 Å². The zero-order valence-corrected chi connectivity index (χ0v) is 15.8. The second-order valence-corrected chi connectivity index (χ2v) is 7.76. The minimum atomic E-state index is -1.08. The summed E-state index contributed by atoms with van der Waals surface area (Å²) in [6.45, 7) is 0. The number of piperidine rings is 2. The zero-order valence-electron chi connectivity index (χ0n) is 15.8. The van der Waals surface area contributed by atoms with Gasteiger partial charge < -0.3 is 19.6 Å². The third-order valence-corrected chi connectivity index (χ3v) is 5.87. The molecule has 0 unspecified atom stereocenters. The first-order chi connectivity index (χ1) is 14.0. The summed E-state index contributed by atoms with van der Waals surface area (Å²) in [5.74, 6) is -0.320. The van der Waals surface area contributed by atoms with Crippen LogP contribution in [-0.2, 0) is 7.05 Å². The van der Waals surface area contributed by atoms with Gasteiger partial charge in [-0.3, -0.25) is 4.57 Å². The number of halogens is 1. The number of nitrogens with zero attached hydrogens (tertiary/aromatic N) is 3. The van der Waals surface area contributed by atoms with Gasteiger partial charge in [0.1, 0.15) is 11.9 Å². The fourth-order valence-electron chi connectivity index (χ4n) is 4.32. The van der Waals surface area contributed by atoms with E-state index in [0.717, 1.165) is 19.3 Å². The molecule has 152 valence electrons. The molecular weight excluding hydrogens is 379 g/mol. The molecule has 0 radical (unpaired) electrons. The monoisotopic (exact) mass is 400 g/mol. The van der Waals surface area contributed by atoms with E-state index in [1.165, 1.54) is 10.6 Å². The summed E-state index contributed by atoms with van der Waals surface area (Å²) >= 11 is 0. The molecular formula is C20H21FN4O4. The van der Waals surface area contributed by atoms with E-state index in [-0.39, 0.29) is 23.7 Å². The highest BCUT2D eigenvalue weighted by atomic mass is 19.1. The molecule has 3 aromatic rings. The maximum atomic E-state index is 14.7. The second-order valence-electron chi connectivity index (χ2n) is 7.76. The van der Waals surface area contributed by atoms with Crippen molar-refractivity contribution in [3.8, 4) is 22.9 Å². The number of hydrogen-bond donors (Lipinski definition) is 2. The van der Waals surface area contributed by atoms with Crippen LogP contribution in [0.2, 0.25) is 0 Å². The van der Waals surface area contributed by atoms with E-state index in [9.17, 15) is 14.3 Å². The lowest BCUT2D eigenvalue weighted by Gasteiger charge is -2.42. The van der Waals surface area contributed by atoms with Crippen LogP contribution < -0.4 is 15.8 Å². The van der Waals surface area contributed by atoms with Crippen molar-refractivity contribution in [2.24, 2.45) is 7.05 Å². The molecule has 2 bridgehead atoms. The molecule has 2 fully saturated rings. The number of phenolic OH excluding ortho intramolecular Hbond substituents is 1. The van der Waals surface area contributed by atoms with Crippen LogP contribution in [-0.4, -0.2) is 44.2 Å². The molecule has 2 aromatic heterocycles. The molecule has 4 atom stereocenters. The predicted molar refractivity (Wildman–Crippen MR) is 103 cm³/mol. The van der Waals surface area contributed by atoms with Crippen molar-refractivity contribution in [2.45, 2.75) is 50.0 Å². The van der Waals surface area contributed by atoms with Gasteiger partial charge in [-0.05, 0) is 25.0 Å². The molecule has 2 N–H and O–H groups in total. The predicted octanol–water partition coefficient (Wildman–Crippen LogP) is 2.29. The lowest BCUT2D eigenvalue weighted by atomic mass is 9.84. The number of hydrogen-bond acceptors (Lipinski definition) is 7. The summed E-state index contributed by atoms with van der Waals surface area (Å²) in [5, 5.41) is 21.8. The van der Waals surface area contributed by atoms with Crippen LogP contribution in [0.4, 0.5) is 4.39 Å². The van der Waals surface area contributed by atoms with Crippen molar-refractivity contribution in [1.29, 1.82) is 0 Å². The van der Waals surface area contributed by atoms with Gasteiger partial charge in [-0.2, -0.15) is 0 Å². The fourth-order valence-corrected chi connectivity index (χ4v) is 4.32. The van der Waals surface area contributed by atoms with Gasteiger partial charge in [0.25, 0.3) is 0 Å². The zero-order chi connectivity index (χ0) is 20.1. The first-order valence-electron chi connectivity index (χ1n) is 9.73. The molecule has 2 saturated heterocycles. The van der Waals surface area contributed by atoms with Crippen LogP contribution in [0.15, 0.2) is 33.5 Å². The van der Waals surface area contributed by atoms with Crippen LogP contribution in [0.1, 0.15) is 25.7 Å². The van der Waals surface area contributed by atoms with E-state index in [0.29, 0.717) is 28.8 Å². The molecule has 9 heteroatoms. The number of aromatic hydroxyl groups is 1. The number of benzene rings is 1. The first-order valence-corrected chi connectivity index (χ1v) is 9.73. The molecule has 29 heavy (non-hydrogen) atoms. The highest BCUT2D eigenvalue weighted by Gasteiger charge is 2.41. The van der Waals surface area contributed by atoms with E-state index < -0.39 is 18.0 Å². The number of nitrogens with one attached hydrogen (secondary N) is 1. The molecule has 1 aromatic carbocycles. The van der Waals surface area contributed by atoms with Crippen molar-refractivity contribution < 1.29 is 18.7 Å². The van der Waals surface area contributed by atoms with Crippen molar-refractivity contribution in [1.82, 2.24) is 20.1 Å². The minimum Gasteiger partial charge on any atom is -0.507 e. The maximum Gasteiger partial charge on any atom is 0.419 e. The Morgan fingerprint density at radius 1 is 1.31 bits per heavy atom. The van der Waals surface area contributed by atoms with E-state index >= 15 is 0 Å². The number of phenols is 1. The van der Waals surface area contributed by atoms with Crippen LogP contribution in [0.25, 0.3) is 22.4 Å². The summed E-state index contributed by atoms with van der Waals surface area (Å²) in [6.07, 6.45) is 1.87. The summed E-state index contributed by atoms with van der Waals surface area (Å²) in [7, 11) is 1.56. The number of ether oxygens (including phenoxy) is 1. The van der Waals surface area contributed by atoms with Crippen molar-refractivity contribution in [2.75, 3.05) is 0 Å². The van der Waals surface area contributed by atoms with Gasteiger partial charge in [0.15, 0.2) is 11.8 Å². The lowest BCUT2D eigenvalue weighted by molar-refractivity contribution is 0.00652. The van der Waals surface area contributed by atoms with Crippen LogP contribution in [0.5, 0.6) is 11.6 Å². The van der Waals surface area contributed by atoms with Crippen molar-refractivity contribution in [3.63, 3.8) is 0 Å². The Balaban J connectivity index is 1.38. The van der Waals surface area contributed by atoms with Crippen LogP contribution >= 0.6 is 0 Å². The van der Waals surface area contributed by atoms with Crippen LogP contribution in [0, 0.1) is 0 Å². The van der Waals surface area contributed by atoms with E-state index in [4.69, 9.17) is 9.15 Å². The normalized spacial score (nSPS) is 26.6. The van der Waals surface area contributed by atoms with Gasteiger partial charge >= 0.3 is 5.76 Å². The third kappa shape index (κ3) is 3.15. The van der Waals surface area contributed by atoms with Crippen molar-refractivity contribution in [3.05, 3.63) is 34.8 Å². The molecule has 0 spiro atoms. The number of oxazole rings is 1. The summed E-state index contributed by atoms with van der Waals surface area (Å²) < 4.78 is 27.0. The average molecular weight is 400 g/mol. The minimum absolute atomic E-state index is 0.0492. The van der Waals surface area contributed by atoms with Crippen molar-refractivity contribution >= 4 is 11.1 Å². The Morgan fingerprint density at radius 2 is 2.17 bits per heavy atom. The second kappa shape index (κ2) is 6.84. The Morgan fingerprint density at radius 3 is 2.97 bits per heavy atom. The Bertz CT molecular complexity index is 1110. The molecule has 0 aliphatic carbocycles. The van der Waals surface area contributed by atoms with Gasteiger partial charge in [-0.15, -0.1) is 10.2 Å². The summed E-state index contributed by atoms with van der Waals surface area (Å²) in [6, 6.07) is 6.36. The van der Waals surface area contributed by atoms with Gasteiger partial charge in [0.05, 0.1) is 11.2 Å². The van der Waals surface area contributed by atoms with Gasteiger partial charge in [0.2, 0.25) is 5.88 Å². The molecule has 2 aliphatic heterocycles. The molecule has 4 heterocycles. The summed E-state index contributed by atoms with van der Waals surface area (Å²) in [5.41, 5.74) is 1.59. The molecule has 0 amide bonds. The van der Waals surface area contributed by atoms with E-state index in [2.05, 4.69) is 15.5 Å². The Kier molecular flexibility index (Phi) is 4.27.